The SMILES string of the molecule is CC(C)(O)C#Cc1cc2cccc(F)c2o1. The molecule has 0 atom stereocenters. The average molecular weight is 218 g/mol. The smallest absolute Gasteiger partial charge is 0.178 e. The van der Waals surface area contributed by atoms with Gasteiger partial charge in [0.1, 0.15) is 5.60 Å². The zero-order valence-electron chi connectivity index (χ0n) is 9.04. The van der Waals surface area contributed by atoms with Crippen LogP contribution in [-0.4, -0.2) is 10.7 Å². The van der Waals surface area contributed by atoms with Crippen molar-refractivity contribution in [2.45, 2.75) is 19.4 Å². The Kier molecular flexibility index (Phi) is 2.45. The van der Waals surface area contributed by atoms with E-state index in [1.54, 1.807) is 32.0 Å². The van der Waals surface area contributed by atoms with E-state index in [-0.39, 0.29) is 5.58 Å². The van der Waals surface area contributed by atoms with Crippen molar-refractivity contribution in [1.29, 1.82) is 0 Å². The summed E-state index contributed by atoms with van der Waals surface area (Å²) in [6.07, 6.45) is 0. The number of fused-ring (bicyclic) bond motifs is 1. The van der Waals surface area contributed by atoms with E-state index in [4.69, 9.17) is 4.42 Å². The van der Waals surface area contributed by atoms with Crippen LogP contribution in [0, 0.1) is 17.7 Å². The summed E-state index contributed by atoms with van der Waals surface area (Å²) < 4.78 is 18.5. The minimum atomic E-state index is -1.09. The van der Waals surface area contributed by atoms with Gasteiger partial charge < -0.3 is 9.52 Å². The maximum absolute atomic E-state index is 13.3. The summed E-state index contributed by atoms with van der Waals surface area (Å²) in [7, 11) is 0. The second-order valence-corrected chi connectivity index (χ2v) is 4.08. The fraction of sp³-hybridized carbons (Fsp3) is 0.231. The quantitative estimate of drug-likeness (QED) is 0.690. The Balaban J connectivity index is 2.47. The van der Waals surface area contributed by atoms with Gasteiger partial charge in [-0.25, -0.2) is 4.39 Å². The van der Waals surface area contributed by atoms with Crippen molar-refractivity contribution in [2.24, 2.45) is 0 Å². The van der Waals surface area contributed by atoms with Crippen molar-refractivity contribution in [3.05, 3.63) is 35.8 Å². The maximum Gasteiger partial charge on any atom is 0.178 e. The van der Waals surface area contributed by atoms with Crippen molar-refractivity contribution in [2.75, 3.05) is 0 Å². The standard InChI is InChI=1S/C13H11FO2/c1-13(2,15)7-6-10-8-9-4-3-5-11(14)12(9)16-10/h3-5,8,15H,1-2H3. The molecule has 0 unspecified atom stereocenters. The summed E-state index contributed by atoms with van der Waals surface area (Å²) in [5, 5.41) is 10.1. The Morgan fingerprint density at radius 2 is 2.12 bits per heavy atom. The van der Waals surface area contributed by atoms with Gasteiger partial charge in [0, 0.05) is 11.5 Å². The van der Waals surface area contributed by atoms with Gasteiger partial charge in [0.15, 0.2) is 17.2 Å². The monoisotopic (exact) mass is 218 g/mol. The van der Waals surface area contributed by atoms with Crippen molar-refractivity contribution in [3.8, 4) is 11.8 Å². The molecule has 2 rings (SSSR count). The molecule has 0 saturated carbocycles. The van der Waals surface area contributed by atoms with E-state index in [2.05, 4.69) is 11.8 Å². The molecule has 0 aliphatic carbocycles. The molecule has 82 valence electrons. The highest BCUT2D eigenvalue weighted by molar-refractivity contribution is 5.79. The first kappa shape index (κ1) is 10.7. The third kappa shape index (κ3) is 2.23. The average Bonchev–Trinajstić information content (AvgIpc) is 2.58. The molecule has 1 N–H and O–H groups in total. The van der Waals surface area contributed by atoms with Gasteiger partial charge in [0.25, 0.3) is 0 Å². The van der Waals surface area contributed by atoms with Crippen LogP contribution in [0.15, 0.2) is 28.7 Å². The first-order valence-electron chi connectivity index (χ1n) is 4.89. The van der Waals surface area contributed by atoms with Crippen LogP contribution in [0.1, 0.15) is 19.6 Å². The van der Waals surface area contributed by atoms with Gasteiger partial charge in [0.05, 0.1) is 0 Å². The number of aliphatic hydroxyl groups is 1. The molecule has 0 amide bonds. The van der Waals surface area contributed by atoms with Crippen LogP contribution >= 0.6 is 0 Å². The summed E-state index contributed by atoms with van der Waals surface area (Å²) in [6.45, 7) is 3.15. The van der Waals surface area contributed by atoms with Crippen molar-refractivity contribution in [3.63, 3.8) is 0 Å². The summed E-state index contributed by atoms with van der Waals surface area (Å²) >= 11 is 0. The molecule has 0 aliphatic rings. The lowest BCUT2D eigenvalue weighted by Crippen LogP contribution is -2.14. The number of hydrogen-bond acceptors (Lipinski definition) is 2. The highest BCUT2D eigenvalue weighted by atomic mass is 19.1. The summed E-state index contributed by atoms with van der Waals surface area (Å²) in [5.74, 6) is 5.22. The van der Waals surface area contributed by atoms with Crippen LogP contribution in [0.5, 0.6) is 0 Å². The van der Waals surface area contributed by atoms with Gasteiger partial charge in [-0.05, 0) is 25.8 Å². The minimum Gasteiger partial charge on any atom is -0.445 e. The number of furan rings is 1. The molecule has 1 aromatic carbocycles. The third-order valence-corrected chi connectivity index (χ3v) is 1.99. The fourth-order valence-electron chi connectivity index (χ4n) is 1.30. The molecule has 0 saturated heterocycles. The highest BCUT2D eigenvalue weighted by Gasteiger charge is 2.08. The summed E-state index contributed by atoms with van der Waals surface area (Å²) in [4.78, 5) is 0. The molecule has 0 fully saturated rings. The third-order valence-electron chi connectivity index (χ3n) is 1.99. The molecule has 2 nitrogen and oxygen atoms in total. The van der Waals surface area contributed by atoms with E-state index in [0.717, 1.165) is 0 Å². The van der Waals surface area contributed by atoms with E-state index < -0.39 is 11.4 Å². The summed E-state index contributed by atoms with van der Waals surface area (Å²) in [6, 6.07) is 6.34. The van der Waals surface area contributed by atoms with Gasteiger partial charge in [-0.2, -0.15) is 0 Å². The van der Waals surface area contributed by atoms with Gasteiger partial charge >= 0.3 is 0 Å². The second kappa shape index (κ2) is 3.66. The lowest BCUT2D eigenvalue weighted by molar-refractivity contribution is 0.143. The van der Waals surface area contributed by atoms with Gasteiger partial charge in [0.2, 0.25) is 0 Å². The molecule has 0 aliphatic heterocycles. The highest BCUT2D eigenvalue weighted by Crippen LogP contribution is 2.21. The molecule has 0 bridgehead atoms. The first-order chi connectivity index (χ1) is 7.46. The predicted molar refractivity (Wildman–Crippen MR) is 59.3 cm³/mol. The number of rotatable bonds is 0. The minimum absolute atomic E-state index is 0.197. The van der Waals surface area contributed by atoms with Crippen LogP contribution in [-0.2, 0) is 0 Å². The normalized spacial score (nSPS) is 11.2. The van der Waals surface area contributed by atoms with Crippen molar-refractivity contribution >= 4 is 11.0 Å². The molecule has 16 heavy (non-hydrogen) atoms. The largest absolute Gasteiger partial charge is 0.445 e. The fourth-order valence-corrected chi connectivity index (χ4v) is 1.30. The Morgan fingerprint density at radius 3 is 2.75 bits per heavy atom. The van der Waals surface area contributed by atoms with E-state index in [1.807, 2.05) is 0 Å². The molecular formula is C13H11FO2. The van der Waals surface area contributed by atoms with Crippen LogP contribution in [0.4, 0.5) is 4.39 Å². The predicted octanol–water partition coefficient (Wildman–Crippen LogP) is 2.69. The van der Waals surface area contributed by atoms with Crippen LogP contribution in [0.3, 0.4) is 0 Å². The van der Waals surface area contributed by atoms with Gasteiger partial charge in [-0.1, -0.05) is 18.1 Å². The first-order valence-corrected chi connectivity index (χ1v) is 4.89. The summed E-state index contributed by atoms with van der Waals surface area (Å²) in [5.41, 5.74) is -0.889. The molecule has 0 spiro atoms. The number of benzene rings is 1. The van der Waals surface area contributed by atoms with Gasteiger partial charge in [-0.3, -0.25) is 0 Å². The Morgan fingerprint density at radius 1 is 1.38 bits per heavy atom. The van der Waals surface area contributed by atoms with E-state index >= 15 is 0 Å². The maximum atomic E-state index is 13.3. The van der Waals surface area contributed by atoms with Crippen LogP contribution in [0.25, 0.3) is 11.0 Å². The molecule has 0 radical (unpaired) electrons. The number of halogens is 1. The van der Waals surface area contributed by atoms with Gasteiger partial charge in [-0.15, -0.1) is 0 Å². The zero-order valence-corrected chi connectivity index (χ0v) is 9.04. The lowest BCUT2D eigenvalue weighted by atomic mass is 10.1. The van der Waals surface area contributed by atoms with Crippen molar-refractivity contribution in [1.82, 2.24) is 0 Å². The van der Waals surface area contributed by atoms with Crippen LogP contribution in [0.2, 0.25) is 0 Å². The van der Waals surface area contributed by atoms with E-state index in [9.17, 15) is 9.50 Å². The molecule has 1 heterocycles. The van der Waals surface area contributed by atoms with Crippen molar-refractivity contribution < 1.29 is 13.9 Å². The molecule has 1 aromatic heterocycles. The van der Waals surface area contributed by atoms with Crippen LogP contribution < -0.4 is 0 Å². The topological polar surface area (TPSA) is 33.4 Å². The Hall–Kier alpha value is -1.79. The number of para-hydroxylation sites is 1. The lowest BCUT2D eigenvalue weighted by Gasteiger charge is -2.05. The molecular weight excluding hydrogens is 207 g/mol. The molecule has 3 heteroatoms. The Bertz CT molecular complexity index is 579. The van der Waals surface area contributed by atoms with E-state index in [1.165, 1.54) is 6.07 Å². The molecule has 2 aromatic rings. The number of hydrogen-bond donors (Lipinski definition) is 1. The van der Waals surface area contributed by atoms with E-state index in [0.29, 0.717) is 11.1 Å². The Labute approximate surface area is 92.7 Å². The zero-order chi connectivity index (χ0) is 11.8. The second-order valence-electron chi connectivity index (χ2n) is 4.08.